The van der Waals surface area contributed by atoms with E-state index in [-0.39, 0.29) is 12.3 Å². The molecule has 1 saturated carbocycles. The number of hydrogen-bond donors (Lipinski definition) is 1. The SMILES string of the molecule is Cc1nn(-c2ccccc2)c(C)c1CC(=O)O[C@H](C)C(=O)NCC1CCCCC1. The van der Waals surface area contributed by atoms with Crippen LogP contribution < -0.4 is 5.32 Å². The van der Waals surface area contributed by atoms with Crippen molar-refractivity contribution in [1.82, 2.24) is 15.1 Å². The molecular formula is C23H31N3O3. The van der Waals surface area contributed by atoms with Crippen molar-refractivity contribution in [3.05, 3.63) is 47.3 Å². The average molecular weight is 398 g/mol. The van der Waals surface area contributed by atoms with Crippen LogP contribution in [0.5, 0.6) is 0 Å². The topological polar surface area (TPSA) is 73.2 Å². The van der Waals surface area contributed by atoms with E-state index in [1.807, 2.05) is 48.9 Å². The molecule has 1 aliphatic carbocycles. The standard InChI is InChI=1S/C23H31N3O3/c1-16-21(17(2)26(25-16)20-12-8-5-9-13-20)14-22(27)29-18(3)23(28)24-15-19-10-6-4-7-11-19/h5,8-9,12-13,18-19H,4,6-7,10-11,14-15H2,1-3H3,(H,24,28)/t18-/m1/s1. The van der Waals surface area contributed by atoms with E-state index in [1.54, 1.807) is 6.92 Å². The highest BCUT2D eigenvalue weighted by molar-refractivity contribution is 5.84. The summed E-state index contributed by atoms with van der Waals surface area (Å²) in [4.78, 5) is 24.7. The summed E-state index contributed by atoms with van der Waals surface area (Å²) in [5.74, 6) is -0.0915. The van der Waals surface area contributed by atoms with Gasteiger partial charge in [-0.25, -0.2) is 4.68 Å². The Morgan fingerprint density at radius 3 is 2.55 bits per heavy atom. The van der Waals surface area contributed by atoms with Gasteiger partial charge in [-0.1, -0.05) is 37.5 Å². The zero-order valence-corrected chi connectivity index (χ0v) is 17.6. The van der Waals surface area contributed by atoms with Gasteiger partial charge in [0.1, 0.15) is 0 Å². The number of aromatic nitrogens is 2. The summed E-state index contributed by atoms with van der Waals surface area (Å²) >= 11 is 0. The number of amides is 1. The Balaban J connectivity index is 1.55. The van der Waals surface area contributed by atoms with Gasteiger partial charge >= 0.3 is 5.97 Å². The number of para-hydroxylation sites is 1. The molecule has 0 radical (unpaired) electrons. The van der Waals surface area contributed by atoms with Crippen LogP contribution in [-0.4, -0.2) is 34.3 Å². The van der Waals surface area contributed by atoms with Crippen LogP contribution in [0, 0.1) is 19.8 Å². The number of nitrogens with one attached hydrogen (secondary N) is 1. The monoisotopic (exact) mass is 397 g/mol. The second-order valence-electron chi connectivity index (χ2n) is 7.95. The Kier molecular flexibility index (Phi) is 7.07. The van der Waals surface area contributed by atoms with Crippen LogP contribution in [0.25, 0.3) is 5.69 Å². The molecule has 6 nitrogen and oxygen atoms in total. The first-order valence-corrected chi connectivity index (χ1v) is 10.5. The molecule has 0 bridgehead atoms. The minimum absolute atomic E-state index is 0.102. The molecule has 6 heteroatoms. The number of esters is 1. The van der Waals surface area contributed by atoms with Gasteiger partial charge in [-0.2, -0.15) is 5.10 Å². The Morgan fingerprint density at radius 1 is 1.17 bits per heavy atom. The van der Waals surface area contributed by atoms with Gasteiger partial charge in [0.05, 0.1) is 17.8 Å². The van der Waals surface area contributed by atoms with Crippen LogP contribution in [0.3, 0.4) is 0 Å². The molecule has 0 aliphatic heterocycles. The average Bonchev–Trinajstić information content (AvgIpc) is 3.01. The lowest BCUT2D eigenvalue weighted by atomic mass is 9.89. The molecule has 2 aromatic rings. The first-order valence-electron chi connectivity index (χ1n) is 10.5. The van der Waals surface area contributed by atoms with Crippen LogP contribution in [0.4, 0.5) is 0 Å². The van der Waals surface area contributed by atoms with Crippen molar-refractivity contribution in [2.75, 3.05) is 6.54 Å². The molecule has 0 spiro atoms. The lowest BCUT2D eigenvalue weighted by Crippen LogP contribution is -2.39. The van der Waals surface area contributed by atoms with E-state index >= 15 is 0 Å². The molecule has 1 N–H and O–H groups in total. The maximum Gasteiger partial charge on any atom is 0.311 e. The fraction of sp³-hybridized carbons (Fsp3) is 0.522. The van der Waals surface area contributed by atoms with Crippen LogP contribution in [-0.2, 0) is 20.7 Å². The summed E-state index contributed by atoms with van der Waals surface area (Å²) < 4.78 is 7.22. The van der Waals surface area contributed by atoms with Gasteiger partial charge in [0.15, 0.2) is 6.10 Å². The van der Waals surface area contributed by atoms with E-state index in [0.717, 1.165) is 22.6 Å². The zero-order chi connectivity index (χ0) is 20.8. The molecule has 1 amide bonds. The molecular weight excluding hydrogens is 366 g/mol. The zero-order valence-electron chi connectivity index (χ0n) is 17.6. The van der Waals surface area contributed by atoms with E-state index in [4.69, 9.17) is 4.74 Å². The number of carbonyl (C=O) groups is 2. The lowest BCUT2D eigenvalue weighted by molar-refractivity contribution is -0.154. The van der Waals surface area contributed by atoms with E-state index in [2.05, 4.69) is 10.4 Å². The molecule has 1 atom stereocenters. The first-order chi connectivity index (χ1) is 14.0. The van der Waals surface area contributed by atoms with Gasteiger partial charge in [0.25, 0.3) is 5.91 Å². The number of hydrogen-bond acceptors (Lipinski definition) is 4. The van der Waals surface area contributed by atoms with Crippen LogP contribution >= 0.6 is 0 Å². The van der Waals surface area contributed by atoms with Crippen molar-refractivity contribution >= 4 is 11.9 Å². The molecule has 29 heavy (non-hydrogen) atoms. The van der Waals surface area contributed by atoms with Crippen molar-refractivity contribution in [3.8, 4) is 5.69 Å². The van der Waals surface area contributed by atoms with Crippen molar-refractivity contribution in [3.63, 3.8) is 0 Å². The summed E-state index contributed by atoms with van der Waals surface area (Å²) in [6, 6.07) is 9.80. The third-order valence-electron chi connectivity index (χ3n) is 5.73. The predicted molar refractivity (Wildman–Crippen MR) is 112 cm³/mol. The first kappa shape index (κ1) is 21.1. The van der Waals surface area contributed by atoms with Crippen molar-refractivity contribution < 1.29 is 14.3 Å². The predicted octanol–water partition coefficient (Wildman–Crippen LogP) is 3.66. The largest absolute Gasteiger partial charge is 0.452 e. The number of rotatable bonds is 7. The van der Waals surface area contributed by atoms with Crippen molar-refractivity contribution in [2.45, 2.75) is 65.4 Å². The molecule has 1 aromatic carbocycles. The quantitative estimate of drug-likeness (QED) is 0.724. The normalized spacial score (nSPS) is 15.7. The number of aryl methyl sites for hydroxylation is 1. The molecule has 1 fully saturated rings. The van der Waals surface area contributed by atoms with Gasteiger partial charge < -0.3 is 10.1 Å². The Hall–Kier alpha value is -2.63. The second-order valence-corrected chi connectivity index (χ2v) is 7.95. The summed E-state index contributed by atoms with van der Waals surface area (Å²) in [6.45, 7) is 6.12. The maximum atomic E-state index is 12.4. The summed E-state index contributed by atoms with van der Waals surface area (Å²) in [7, 11) is 0. The van der Waals surface area contributed by atoms with Gasteiger partial charge in [0.2, 0.25) is 0 Å². The number of ether oxygens (including phenoxy) is 1. The number of carbonyl (C=O) groups excluding carboxylic acids is 2. The fourth-order valence-corrected chi connectivity index (χ4v) is 3.97. The third kappa shape index (κ3) is 5.46. The van der Waals surface area contributed by atoms with E-state index in [9.17, 15) is 9.59 Å². The molecule has 1 aliphatic rings. The maximum absolute atomic E-state index is 12.4. The molecule has 156 valence electrons. The van der Waals surface area contributed by atoms with Crippen molar-refractivity contribution in [2.24, 2.45) is 5.92 Å². The highest BCUT2D eigenvalue weighted by Crippen LogP contribution is 2.23. The molecule has 3 rings (SSSR count). The summed E-state index contributed by atoms with van der Waals surface area (Å²) in [5, 5.41) is 7.50. The van der Waals surface area contributed by atoms with Crippen LogP contribution in [0.1, 0.15) is 56.0 Å². The van der Waals surface area contributed by atoms with Crippen LogP contribution in [0.15, 0.2) is 30.3 Å². The van der Waals surface area contributed by atoms with Gasteiger partial charge in [0, 0.05) is 17.8 Å². The number of benzene rings is 1. The Labute approximate surface area is 172 Å². The van der Waals surface area contributed by atoms with E-state index < -0.39 is 12.1 Å². The van der Waals surface area contributed by atoms with Crippen LogP contribution in [0.2, 0.25) is 0 Å². The van der Waals surface area contributed by atoms with Gasteiger partial charge in [-0.3, -0.25) is 9.59 Å². The van der Waals surface area contributed by atoms with E-state index in [0.29, 0.717) is 12.5 Å². The molecule has 1 heterocycles. The van der Waals surface area contributed by atoms with Crippen molar-refractivity contribution in [1.29, 1.82) is 0 Å². The smallest absolute Gasteiger partial charge is 0.311 e. The molecule has 1 aromatic heterocycles. The minimum Gasteiger partial charge on any atom is -0.452 e. The fourth-order valence-electron chi connectivity index (χ4n) is 3.97. The lowest BCUT2D eigenvalue weighted by Gasteiger charge is -2.22. The number of nitrogens with zero attached hydrogens (tertiary/aromatic N) is 2. The summed E-state index contributed by atoms with van der Waals surface area (Å²) in [6.07, 6.45) is 5.40. The van der Waals surface area contributed by atoms with Gasteiger partial charge in [-0.05, 0) is 51.7 Å². The highest BCUT2D eigenvalue weighted by atomic mass is 16.5. The third-order valence-corrected chi connectivity index (χ3v) is 5.73. The van der Waals surface area contributed by atoms with Gasteiger partial charge in [-0.15, -0.1) is 0 Å². The minimum atomic E-state index is -0.795. The Bertz CT molecular complexity index is 839. The molecule has 0 unspecified atom stereocenters. The van der Waals surface area contributed by atoms with E-state index in [1.165, 1.54) is 32.1 Å². The second kappa shape index (κ2) is 9.72. The Morgan fingerprint density at radius 2 is 1.86 bits per heavy atom. The summed E-state index contributed by atoms with van der Waals surface area (Å²) in [5.41, 5.74) is 3.48. The molecule has 0 saturated heterocycles. The highest BCUT2D eigenvalue weighted by Gasteiger charge is 2.22.